The normalized spacial score (nSPS) is 37.3. The van der Waals surface area contributed by atoms with E-state index in [0.717, 1.165) is 18.3 Å². The molecule has 1 nitrogen and oxygen atoms in total. The first kappa shape index (κ1) is 9.95. The summed E-state index contributed by atoms with van der Waals surface area (Å²) in [5, 5.41) is 0. The molecule has 2 aliphatic carbocycles. The monoisotopic (exact) mass is 192 g/mol. The SMILES string of the molecule is CC1CCC(C(C)C)C2CC(=O)C=C12. The Morgan fingerprint density at radius 3 is 2.71 bits per heavy atom. The van der Waals surface area contributed by atoms with Crippen molar-refractivity contribution < 1.29 is 4.79 Å². The van der Waals surface area contributed by atoms with Crippen molar-refractivity contribution in [3.8, 4) is 0 Å². The molecule has 0 spiro atoms. The molecule has 78 valence electrons. The van der Waals surface area contributed by atoms with Crippen LogP contribution in [0.2, 0.25) is 0 Å². The topological polar surface area (TPSA) is 17.1 Å². The minimum absolute atomic E-state index is 0.365. The van der Waals surface area contributed by atoms with Crippen LogP contribution in [0.5, 0.6) is 0 Å². The summed E-state index contributed by atoms with van der Waals surface area (Å²) in [5.41, 5.74) is 1.46. The molecule has 0 aromatic rings. The van der Waals surface area contributed by atoms with E-state index in [4.69, 9.17) is 0 Å². The van der Waals surface area contributed by atoms with Gasteiger partial charge in [0.25, 0.3) is 0 Å². The molecular formula is C13H20O. The van der Waals surface area contributed by atoms with Gasteiger partial charge in [0.2, 0.25) is 0 Å². The number of allylic oxidation sites excluding steroid dienone is 2. The molecule has 0 aliphatic heterocycles. The highest BCUT2D eigenvalue weighted by Gasteiger charge is 2.38. The summed E-state index contributed by atoms with van der Waals surface area (Å²) in [5.74, 6) is 3.09. The van der Waals surface area contributed by atoms with Crippen molar-refractivity contribution in [2.24, 2.45) is 23.7 Å². The summed E-state index contributed by atoms with van der Waals surface area (Å²) in [4.78, 5) is 11.4. The largest absolute Gasteiger partial charge is 0.295 e. The molecule has 0 aromatic heterocycles. The van der Waals surface area contributed by atoms with Crippen LogP contribution in [0, 0.1) is 23.7 Å². The van der Waals surface area contributed by atoms with Gasteiger partial charge < -0.3 is 0 Å². The lowest BCUT2D eigenvalue weighted by molar-refractivity contribution is -0.114. The van der Waals surface area contributed by atoms with E-state index in [1.807, 2.05) is 6.08 Å². The lowest BCUT2D eigenvalue weighted by Gasteiger charge is -2.36. The Labute approximate surface area is 86.6 Å². The highest BCUT2D eigenvalue weighted by Crippen LogP contribution is 2.46. The van der Waals surface area contributed by atoms with Gasteiger partial charge in [-0.3, -0.25) is 4.79 Å². The Morgan fingerprint density at radius 2 is 2.07 bits per heavy atom. The predicted octanol–water partition coefficient (Wildman–Crippen LogP) is 3.20. The Hall–Kier alpha value is -0.590. The zero-order valence-electron chi connectivity index (χ0n) is 9.42. The van der Waals surface area contributed by atoms with E-state index < -0.39 is 0 Å². The Morgan fingerprint density at radius 1 is 1.36 bits per heavy atom. The molecule has 0 amide bonds. The third kappa shape index (κ3) is 1.53. The molecule has 3 unspecified atom stereocenters. The van der Waals surface area contributed by atoms with Crippen LogP contribution in [-0.2, 0) is 4.79 Å². The number of hydrogen-bond acceptors (Lipinski definition) is 1. The van der Waals surface area contributed by atoms with Crippen molar-refractivity contribution in [1.82, 2.24) is 0 Å². The zero-order chi connectivity index (χ0) is 10.3. The molecule has 0 N–H and O–H groups in total. The van der Waals surface area contributed by atoms with E-state index in [-0.39, 0.29) is 0 Å². The standard InChI is InChI=1S/C13H20O/c1-8(2)11-5-4-9(3)12-6-10(14)7-13(11)12/h6,8-9,11,13H,4-5,7H2,1-3H3. The second-order valence-electron chi connectivity index (χ2n) is 5.31. The third-order valence-corrected chi connectivity index (χ3v) is 4.05. The summed E-state index contributed by atoms with van der Waals surface area (Å²) in [6.07, 6.45) is 5.32. The molecule has 14 heavy (non-hydrogen) atoms. The molecular weight excluding hydrogens is 172 g/mol. The van der Waals surface area contributed by atoms with Crippen LogP contribution in [-0.4, -0.2) is 5.78 Å². The van der Waals surface area contributed by atoms with E-state index in [1.54, 1.807) is 0 Å². The number of ketones is 1. The second-order valence-corrected chi connectivity index (χ2v) is 5.31. The van der Waals surface area contributed by atoms with Gasteiger partial charge in [0.05, 0.1) is 0 Å². The minimum atomic E-state index is 0.365. The molecule has 1 heteroatoms. The van der Waals surface area contributed by atoms with Crippen molar-refractivity contribution in [2.75, 3.05) is 0 Å². The first-order valence-corrected chi connectivity index (χ1v) is 5.84. The fourth-order valence-corrected chi connectivity index (χ4v) is 3.20. The maximum atomic E-state index is 11.4. The molecule has 0 heterocycles. The van der Waals surface area contributed by atoms with Crippen LogP contribution < -0.4 is 0 Å². The van der Waals surface area contributed by atoms with Crippen molar-refractivity contribution >= 4 is 5.78 Å². The van der Waals surface area contributed by atoms with Gasteiger partial charge in [-0.2, -0.15) is 0 Å². The minimum Gasteiger partial charge on any atom is -0.295 e. The van der Waals surface area contributed by atoms with Crippen molar-refractivity contribution in [3.05, 3.63) is 11.6 Å². The Balaban J connectivity index is 2.22. The van der Waals surface area contributed by atoms with Gasteiger partial charge in [0.15, 0.2) is 5.78 Å². The van der Waals surface area contributed by atoms with Crippen LogP contribution in [0.15, 0.2) is 11.6 Å². The summed E-state index contributed by atoms with van der Waals surface area (Å²) >= 11 is 0. The number of carbonyl (C=O) groups is 1. The van der Waals surface area contributed by atoms with Gasteiger partial charge in [0, 0.05) is 6.42 Å². The fourth-order valence-electron chi connectivity index (χ4n) is 3.20. The predicted molar refractivity (Wildman–Crippen MR) is 57.9 cm³/mol. The Kier molecular flexibility index (Phi) is 2.50. The lowest BCUT2D eigenvalue weighted by Crippen LogP contribution is -2.28. The molecule has 0 radical (unpaired) electrons. The summed E-state index contributed by atoms with van der Waals surface area (Å²) in [6.45, 7) is 6.86. The molecule has 3 atom stereocenters. The molecule has 0 bridgehead atoms. The smallest absolute Gasteiger partial charge is 0.156 e. The average Bonchev–Trinajstić information content (AvgIpc) is 2.47. The van der Waals surface area contributed by atoms with Crippen molar-refractivity contribution in [1.29, 1.82) is 0 Å². The second kappa shape index (κ2) is 3.52. The van der Waals surface area contributed by atoms with Crippen LogP contribution in [0.4, 0.5) is 0 Å². The highest BCUT2D eigenvalue weighted by atomic mass is 16.1. The number of carbonyl (C=O) groups excluding carboxylic acids is 1. The van der Waals surface area contributed by atoms with Crippen LogP contribution in [0.3, 0.4) is 0 Å². The van der Waals surface area contributed by atoms with Gasteiger partial charge in [-0.25, -0.2) is 0 Å². The average molecular weight is 192 g/mol. The van der Waals surface area contributed by atoms with Crippen molar-refractivity contribution in [2.45, 2.75) is 40.0 Å². The van der Waals surface area contributed by atoms with Gasteiger partial charge >= 0.3 is 0 Å². The molecule has 1 saturated carbocycles. The van der Waals surface area contributed by atoms with Gasteiger partial charge in [-0.15, -0.1) is 0 Å². The van der Waals surface area contributed by atoms with E-state index in [2.05, 4.69) is 20.8 Å². The van der Waals surface area contributed by atoms with E-state index >= 15 is 0 Å². The Bertz CT molecular complexity index is 275. The van der Waals surface area contributed by atoms with Gasteiger partial charge in [-0.1, -0.05) is 26.3 Å². The zero-order valence-corrected chi connectivity index (χ0v) is 9.42. The maximum absolute atomic E-state index is 11.4. The third-order valence-electron chi connectivity index (χ3n) is 4.05. The molecule has 2 aliphatic rings. The number of hydrogen-bond donors (Lipinski definition) is 0. The summed E-state index contributed by atoms with van der Waals surface area (Å²) < 4.78 is 0. The highest BCUT2D eigenvalue weighted by molar-refractivity contribution is 5.93. The van der Waals surface area contributed by atoms with E-state index in [9.17, 15) is 4.79 Å². The van der Waals surface area contributed by atoms with E-state index in [1.165, 1.54) is 18.4 Å². The van der Waals surface area contributed by atoms with E-state index in [0.29, 0.717) is 17.6 Å². The first-order valence-electron chi connectivity index (χ1n) is 5.84. The number of rotatable bonds is 1. The quantitative estimate of drug-likeness (QED) is 0.623. The van der Waals surface area contributed by atoms with Gasteiger partial charge in [-0.05, 0) is 42.6 Å². The number of fused-ring (bicyclic) bond motifs is 1. The summed E-state index contributed by atoms with van der Waals surface area (Å²) in [7, 11) is 0. The van der Waals surface area contributed by atoms with Crippen LogP contribution >= 0.6 is 0 Å². The molecule has 0 aromatic carbocycles. The first-order chi connectivity index (χ1) is 6.59. The fraction of sp³-hybridized carbons (Fsp3) is 0.769. The van der Waals surface area contributed by atoms with Gasteiger partial charge in [0.1, 0.15) is 0 Å². The van der Waals surface area contributed by atoms with Crippen LogP contribution in [0.1, 0.15) is 40.0 Å². The molecule has 0 saturated heterocycles. The maximum Gasteiger partial charge on any atom is 0.156 e. The summed E-state index contributed by atoms with van der Waals surface area (Å²) in [6, 6.07) is 0. The molecule has 1 fully saturated rings. The lowest BCUT2D eigenvalue weighted by atomic mass is 9.68. The van der Waals surface area contributed by atoms with Crippen molar-refractivity contribution in [3.63, 3.8) is 0 Å². The van der Waals surface area contributed by atoms with Crippen LogP contribution in [0.25, 0.3) is 0 Å². The molecule has 2 rings (SSSR count).